The van der Waals surface area contributed by atoms with Crippen LogP contribution in [-0.2, 0) is 4.74 Å². The molecule has 1 aliphatic heterocycles. The highest BCUT2D eigenvalue weighted by Crippen LogP contribution is 2.29. The van der Waals surface area contributed by atoms with Crippen LogP contribution in [0.15, 0.2) is 24.5 Å². The number of carbonyl (C=O) groups is 1. The van der Waals surface area contributed by atoms with Gasteiger partial charge < -0.3 is 20.1 Å². The fourth-order valence-corrected chi connectivity index (χ4v) is 2.64. The number of urea groups is 1. The van der Waals surface area contributed by atoms with Crippen LogP contribution in [0.3, 0.4) is 0 Å². The third kappa shape index (κ3) is 5.38. The van der Waals surface area contributed by atoms with Gasteiger partial charge in [-0.3, -0.25) is 10.3 Å². The molecule has 0 spiro atoms. The molecule has 0 saturated carbocycles. The van der Waals surface area contributed by atoms with Gasteiger partial charge in [-0.1, -0.05) is 0 Å². The molecular weight excluding hydrogens is 346 g/mol. The van der Waals surface area contributed by atoms with Gasteiger partial charge in [0.1, 0.15) is 18.5 Å². The number of amides is 2. The van der Waals surface area contributed by atoms with Gasteiger partial charge in [0.15, 0.2) is 5.82 Å². The number of hydrogen-bond donors (Lipinski definition) is 3. The average molecular weight is 371 g/mol. The molecule has 3 N–H and O–H groups in total. The van der Waals surface area contributed by atoms with E-state index in [2.05, 4.69) is 25.9 Å². The van der Waals surface area contributed by atoms with Crippen molar-refractivity contribution in [3.63, 3.8) is 0 Å². The van der Waals surface area contributed by atoms with Crippen molar-refractivity contribution >= 4 is 17.5 Å². The number of aromatic nitrogens is 2. The first kappa shape index (κ1) is 19.1. The minimum atomic E-state index is -0.406. The smallest absolute Gasteiger partial charge is 0.324 e. The molecule has 0 aliphatic carbocycles. The second-order valence-corrected chi connectivity index (χ2v) is 6.56. The molecule has 3 rings (SSSR count). The van der Waals surface area contributed by atoms with Crippen LogP contribution in [0.25, 0.3) is 0 Å². The van der Waals surface area contributed by atoms with Crippen molar-refractivity contribution in [2.24, 2.45) is 0 Å². The highest BCUT2D eigenvalue weighted by molar-refractivity contribution is 6.00. The van der Waals surface area contributed by atoms with E-state index in [0.29, 0.717) is 30.5 Å². The lowest BCUT2D eigenvalue weighted by Crippen LogP contribution is -2.41. The lowest BCUT2D eigenvalue weighted by atomic mass is 10.1. The average Bonchev–Trinajstić information content (AvgIpc) is 2.66. The summed E-state index contributed by atoms with van der Waals surface area (Å²) in [5, 5.41) is 8.77. The Kier molecular flexibility index (Phi) is 6.20. The molecule has 2 aromatic rings. The van der Waals surface area contributed by atoms with Crippen LogP contribution in [0.5, 0.6) is 5.75 Å². The third-order valence-corrected chi connectivity index (χ3v) is 4.30. The molecule has 1 aliphatic rings. The van der Waals surface area contributed by atoms with Crippen LogP contribution < -0.4 is 20.7 Å². The topological polar surface area (TPSA) is 97.4 Å². The number of nitrogens with one attached hydrogen (secondary N) is 3. The van der Waals surface area contributed by atoms with E-state index in [1.54, 1.807) is 6.20 Å². The third-order valence-electron chi connectivity index (χ3n) is 4.30. The van der Waals surface area contributed by atoms with Gasteiger partial charge in [-0.2, -0.15) is 0 Å². The molecule has 1 fully saturated rings. The molecule has 0 unspecified atom stereocenters. The lowest BCUT2D eigenvalue weighted by Gasteiger charge is -2.24. The first-order valence-electron chi connectivity index (χ1n) is 8.94. The second kappa shape index (κ2) is 8.79. The lowest BCUT2D eigenvalue weighted by molar-refractivity contribution is 0.000339. The summed E-state index contributed by atoms with van der Waals surface area (Å²) < 4.78 is 11.6. The van der Waals surface area contributed by atoms with E-state index in [4.69, 9.17) is 9.47 Å². The largest absolute Gasteiger partial charge is 0.489 e. The van der Waals surface area contributed by atoms with Crippen LogP contribution in [0.2, 0.25) is 0 Å². The molecule has 2 amide bonds. The summed E-state index contributed by atoms with van der Waals surface area (Å²) in [5.41, 5.74) is 3.52. The first-order valence-corrected chi connectivity index (χ1v) is 8.94. The van der Waals surface area contributed by atoms with Crippen molar-refractivity contribution in [1.29, 1.82) is 0 Å². The molecular formula is C19H25N5O3. The van der Waals surface area contributed by atoms with Crippen LogP contribution in [0, 0.1) is 20.8 Å². The molecule has 2 heterocycles. The van der Waals surface area contributed by atoms with Crippen LogP contribution in [0.4, 0.5) is 16.3 Å². The minimum Gasteiger partial charge on any atom is -0.489 e. The fraction of sp³-hybridized carbons (Fsp3) is 0.421. The summed E-state index contributed by atoms with van der Waals surface area (Å²) in [6, 6.07) is 3.41. The van der Waals surface area contributed by atoms with E-state index in [0.717, 1.165) is 29.9 Å². The summed E-state index contributed by atoms with van der Waals surface area (Å²) in [7, 11) is 0. The number of nitrogens with zero attached hydrogens (tertiary/aromatic N) is 2. The van der Waals surface area contributed by atoms with Gasteiger partial charge in [-0.05, 0) is 44.0 Å². The Bertz CT molecular complexity index is 789. The van der Waals surface area contributed by atoms with Gasteiger partial charge in [-0.15, -0.1) is 0 Å². The Morgan fingerprint density at radius 1 is 1.22 bits per heavy atom. The van der Waals surface area contributed by atoms with Gasteiger partial charge in [0.05, 0.1) is 30.4 Å². The Morgan fingerprint density at radius 2 is 2.04 bits per heavy atom. The maximum absolute atomic E-state index is 12.3. The van der Waals surface area contributed by atoms with Gasteiger partial charge in [0, 0.05) is 13.1 Å². The number of ether oxygens (including phenoxy) is 2. The molecule has 8 heteroatoms. The minimum absolute atomic E-state index is 0.00938. The summed E-state index contributed by atoms with van der Waals surface area (Å²) in [5.74, 6) is 0.989. The van der Waals surface area contributed by atoms with Crippen molar-refractivity contribution in [3.05, 3.63) is 41.3 Å². The number of aryl methyl sites for hydroxylation is 3. The van der Waals surface area contributed by atoms with E-state index < -0.39 is 6.03 Å². The highest BCUT2D eigenvalue weighted by Gasteiger charge is 2.16. The number of morpholine rings is 1. The Labute approximate surface area is 158 Å². The van der Waals surface area contributed by atoms with Gasteiger partial charge in [0.2, 0.25) is 0 Å². The molecule has 1 saturated heterocycles. The second-order valence-electron chi connectivity index (χ2n) is 6.56. The molecule has 8 nitrogen and oxygen atoms in total. The predicted octanol–water partition coefficient (Wildman–Crippen LogP) is 2.41. The zero-order chi connectivity index (χ0) is 19.2. The van der Waals surface area contributed by atoms with Crippen LogP contribution in [0.1, 0.15) is 16.8 Å². The maximum Gasteiger partial charge on any atom is 0.324 e. The zero-order valence-corrected chi connectivity index (χ0v) is 15.8. The van der Waals surface area contributed by atoms with Gasteiger partial charge in [0.25, 0.3) is 0 Å². The number of benzene rings is 1. The zero-order valence-electron chi connectivity index (χ0n) is 15.8. The monoisotopic (exact) mass is 371 g/mol. The van der Waals surface area contributed by atoms with E-state index in [9.17, 15) is 4.79 Å². The standard InChI is InChI=1S/C19H25N5O3/c1-12-6-16(23-19(25)24-18-10-21-14(3)8-22-18)17(7-13(12)2)27-11-15-9-20-4-5-26-15/h6-8,10,15,20H,4-5,9,11H2,1-3H3,(H2,22,23,24,25)/t15-/m0/s1. The van der Waals surface area contributed by atoms with E-state index in [1.165, 1.54) is 6.20 Å². The normalized spacial score (nSPS) is 16.6. The molecule has 0 bridgehead atoms. The summed E-state index contributed by atoms with van der Waals surface area (Å²) in [6.45, 7) is 8.52. The summed E-state index contributed by atoms with van der Waals surface area (Å²) in [4.78, 5) is 20.6. The maximum atomic E-state index is 12.3. The van der Waals surface area contributed by atoms with E-state index in [-0.39, 0.29) is 6.10 Å². The molecule has 144 valence electrons. The number of rotatable bonds is 5. The summed E-state index contributed by atoms with van der Waals surface area (Å²) in [6.07, 6.45) is 3.10. The van der Waals surface area contributed by atoms with Crippen LogP contribution >= 0.6 is 0 Å². The number of hydrogen-bond acceptors (Lipinski definition) is 6. The highest BCUT2D eigenvalue weighted by atomic mass is 16.5. The van der Waals surface area contributed by atoms with Crippen LogP contribution in [-0.4, -0.2) is 48.4 Å². The van der Waals surface area contributed by atoms with Crippen molar-refractivity contribution in [2.45, 2.75) is 26.9 Å². The van der Waals surface area contributed by atoms with Crippen molar-refractivity contribution in [2.75, 3.05) is 36.9 Å². The Balaban J connectivity index is 1.67. The van der Waals surface area contributed by atoms with Crippen molar-refractivity contribution in [3.8, 4) is 5.75 Å². The molecule has 27 heavy (non-hydrogen) atoms. The van der Waals surface area contributed by atoms with E-state index >= 15 is 0 Å². The number of carbonyl (C=O) groups excluding carboxylic acids is 1. The molecule has 1 aromatic heterocycles. The quantitative estimate of drug-likeness (QED) is 0.747. The Morgan fingerprint density at radius 3 is 2.74 bits per heavy atom. The van der Waals surface area contributed by atoms with Crippen molar-refractivity contribution in [1.82, 2.24) is 15.3 Å². The molecule has 1 aromatic carbocycles. The van der Waals surface area contributed by atoms with Gasteiger partial charge in [-0.25, -0.2) is 9.78 Å². The van der Waals surface area contributed by atoms with E-state index in [1.807, 2.05) is 32.9 Å². The Hall–Kier alpha value is -2.71. The number of anilines is 2. The SMILES string of the molecule is Cc1cnc(NC(=O)Nc2cc(C)c(C)cc2OC[C@@H]2CNCCO2)cn1. The van der Waals surface area contributed by atoms with Crippen molar-refractivity contribution < 1.29 is 14.3 Å². The fourth-order valence-electron chi connectivity index (χ4n) is 2.64. The molecule has 1 atom stereocenters. The van der Waals surface area contributed by atoms with Gasteiger partial charge >= 0.3 is 6.03 Å². The predicted molar refractivity (Wildman–Crippen MR) is 103 cm³/mol. The first-order chi connectivity index (χ1) is 13.0. The summed E-state index contributed by atoms with van der Waals surface area (Å²) >= 11 is 0. The molecule has 0 radical (unpaired) electrons.